The van der Waals surface area contributed by atoms with Crippen molar-refractivity contribution in [3.05, 3.63) is 22.4 Å². The van der Waals surface area contributed by atoms with Crippen LogP contribution in [0.25, 0.3) is 0 Å². The van der Waals surface area contributed by atoms with Crippen molar-refractivity contribution in [2.45, 2.75) is 66.0 Å². The number of carbonyl (C=O) groups excluding carboxylic acids is 2. The molecular formula is C20H29BrN2O3. The predicted octanol–water partition coefficient (Wildman–Crippen LogP) is 4.83. The van der Waals surface area contributed by atoms with Crippen LogP contribution in [0.4, 0.5) is 4.79 Å². The summed E-state index contributed by atoms with van der Waals surface area (Å²) in [6, 6.07) is 1.82. The third-order valence-corrected chi connectivity index (χ3v) is 6.71. The number of hydrogen-bond acceptors (Lipinski definition) is 3. The lowest BCUT2D eigenvalue weighted by Crippen LogP contribution is -2.60. The second kappa shape index (κ2) is 6.39. The first-order valence-electron chi connectivity index (χ1n) is 9.32. The van der Waals surface area contributed by atoms with Crippen LogP contribution in [-0.4, -0.2) is 28.2 Å². The highest BCUT2D eigenvalue weighted by Crippen LogP contribution is 2.61. The molecule has 0 aliphatic heterocycles. The first kappa shape index (κ1) is 19.5. The van der Waals surface area contributed by atoms with Gasteiger partial charge in [-0.2, -0.15) is 0 Å². The summed E-state index contributed by atoms with van der Waals surface area (Å²) < 4.78 is 7.37. The quantitative estimate of drug-likeness (QED) is 0.738. The average Bonchev–Trinajstić information content (AvgIpc) is 2.89. The maximum atomic E-state index is 12.9. The molecule has 3 fully saturated rings. The lowest BCUT2D eigenvalue weighted by atomic mass is 9.45. The Morgan fingerprint density at radius 2 is 1.96 bits per heavy atom. The van der Waals surface area contributed by atoms with Gasteiger partial charge in [0.15, 0.2) is 0 Å². The zero-order chi connectivity index (χ0) is 19.4. The van der Waals surface area contributed by atoms with Crippen LogP contribution >= 0.6 is 15.9 Å². The Morgan fingerprint density at radius 3 is 2.50 bits per heavy atom. The Morgan fingerprint density at radius 1 is 1.31 bits per heavy atom. The fourth-order valence-electron chi connectivity index (χ4n) is 4.65. The van der Waals surface area contributed by atoms with Gasteiger partial charge in [-0.05, 0) is 78.8 Å². The maximum absolute atomic E-state index is 12.9. The van der Waals surface area contributed by atoms with E-state index in [4.69, 9.17) is 4.74 Å². The Kier molecular flexibility index (Phi) is 4.79. The van der Waals surface area contributed by atoms with E-state index >= 15 is 0 Å². The van der Waals surface area contributed by atoms with Gasteiger partial charge in [-0.15, -0.1) is 0 Å². The molecular weight excluding hydrogens is 396 g/mol. The molecule has 3 aliphatic carbocycles. The molecule has 5 nitrogen and oxygen atoms in total. The monoisotopic (exact) mass is 424 g/mol. The fraction of sp³-hybridized carbons (Fsp3) is 0.700. The van der Waals surface area contributed by atoms with Crippen LogP contribution in [-0.2, 0) is 4.74 Å². The molecule has 6 heteroatoms. The number of rotatable bonds is 2. The molecule has 1 N–H and O–H groups in total. The summed E-state index contributed by atoms with van der Waals surface area (Å²) in [6.45, 7) is 12.3. The zero-order valence-corrected chi connectivity index (χ0v) is 18.0. The van der Waals surface area contributed by atoms with Crippen molar-refractivity contribution < 1.29 is 14.3 Å². The summed E-state index contributed by atoms with van der Waals surface area (Å²) in [5, 5.41) is 3.17. The first-order chi connectivity index (χ1) is 11.9. The molecule has 0 saturated heterocycles. The van der Waals surface area contributed by atoms with Crippen molar-refractivity contribution in [1.82, 2.24) is 9.88 Å². The Labute approximate surface area is 164 Å². The van der Waals surface area contributed by atoms with Crippen LogP contribution < -0.4 is 5.32 Å². The van der Waals surface area contributed by atoms with Gasteiger partial charge in [0.05, 0.1) is 0 Å². The maximum Gasteiger partial charge on any atom is 0.419 e. The predicted molar refractivity (Wildman–Crippen MR) is 104 cm³/mol. The van der Waals surface area contributed by atoms with Crippen LogP contribution in [0.1, 0.15) is 64.9 Å². The van der Waals surface area contributed by atoms with Gasteiger partial charge >= 0.3 is 6.09 Å². The van der Waals surface area contributed by atoms with E-state index < -0.39 is 11.7 Å². The lowest BCUT2D eigenvalue weighted by molar-refractivity contribution is -0.113. The summed E-state index contributed by atoms with van der Waals surface area (Å²) in [7, 11) is 0. The van der Waals surface area contributed by atoms with Gasteiger partial charge in [0.25, 0.3) is 5.91 Å². The molecule has 1 heterocycles. The largest absolute Gasteiger partial charge is 0.443 e. The number of nitrogens with one attached hydrogen (secondary N) is 1. The number of carbonyl (C=O) groups is 2. The van der Waals surface area contributed by atoms with Gasteiger partial charge in [-0.3, -0.25) is 4.79 Å². The Hall–Kier alpha value is -1.30. The summed E-state index contributed by atoms with van der Waals surface area (Å²) in [6.07, 6.45) is 3.30. The van der Waals surface area contributed by atoms with E-state index in [-0.39, 0.29) is 11.9 Å². The molecule has 4 atom stereocenters. The van der Waals surface area contributed by atoms with Crippen LogP contribution in [0.15, 0.2) is 16.7 Å². The van der Waals surface area contributed by atoms with Crippen LogP contribution in [0.2, 0.25) is 0 Å². The summed E-state index contributed by atoms with van der Waals surface area (Å²) in [5.41, 5.74) is 0.0593. The molecule has 1 aromatic rings. The average molecular weight is 425 g/mol. The van der Waals surface area contributed by atoms with E-state index in [0.29, 0.717) is 33.3 Å². The van der Waals surface area contributed by atoms with Crippen molar-refractivity contribution in [2.24, 2.45) is 23.2 Å². The molecule has 0 radical (unpaired) electrons. The van der Waals surface area contributed by atoms with Gasteiger partial charge < -0.3 is 10.1 Å². The fourth-order valence-corrected chi connectivity index (χ4v) is 5.07. The van der Waals surface area contributed by atoms with E-state index in [1.54, 1.807) is 33.0 Å². The molecule has 144 valence electrons. The SMILES string of the molecule is C[C@@H]1[C@@H](NC(=O)c2cc(Br)cn2C(=O)OC(C)(C)C)C[C@H]2C[C@@H]1C2(C)C. The highest BCUT2D eigenvalue weighted by Gasteiger charge is 2.56. The van der Waals surface area contributed by atoms with E-state index in [2.05, 4.69) is 42.0 Å². The Bertz CT molecular complexity index is 732. The third-order valence-electron chi connectivity index (χ3n) is 6.28. The molecule has 3 saturated carbocycles. The number of hydrogen-bond donors (Lipinski definition) is 1. The molecule has 0 spiro atoms. The zero-order valence-electron chi connectivity index (χ0n) is 16.4. The summed E-state index contributed by atoms with van der Waals surface area (Å²) >= 11 is 3.36. The minimum Gasteiger partial charge on any atom is -0.443 e. The normalized spacial score (nSPS) is 29.7. The molecule has 1 amide bonds. The van der Waals surface area contributed by atoms with Crippen molar-refractivity contribution in [1.29, 1.82) is 0 Å². The van der Waals surface area contributed by atoms with Gasteiger partial charge in [0.1, 0.15) is 11.3 Å². The van der Waals surface area contributed by atoms with Gasteiger partial charge in [-0.1, -0.05) is 20.8 Å². The van der Waals surface area contributed by atoms with Gasteiger partial charge in [0, 0.05) is 16.7 Å². The third kappa shape index (κ3) is 3.45. The first-order valence-corrected chi connectivity index (χ1v) is 10.1. The highest BCUT2D eigenvalue weighted by molar-refractivity contribution is 9.10. The number of ether oxygens (including phenoxy) is 1. The molecule has 4 rings (SSSR count). The highest BCUT2D eigenvalue weighted by atomic mass is 79.9. The summed E-state index contributed by atoms with van der Waals surface area (Å²) in [5.74, 6) is 1.53. The Balaban J connectivity index is 1.74. The van der Waals surface area contributed by atoms with E-state index in [9.17, 15) is 9.59 Å². The molecule has 0 aromatic carbocycles. The number of halogens is 1. The number of amides is 1. The minimum atomic E-state index is -0.619. The number of fused-ring (bicyclic) bond motifs is 2. The molecule has 1 aromatic heterocycles. The van der Waals surface area contributed by atoms with E-state index in [1.165, 1.54) is 11.0 Å². The van der Waals surface area contributed by atoms with Crippen LogP contribution in [0, 0.1) is 23.2 Å². The van der Waals surface area contributed by atoms with Crippen LogP contribution in [0.5, 0.6) is 0 Å². The smallest absolute Gasteiger partial charge is 0.419 e. The summed E-state index contributed by atoms with van der Waals surface area (Å²) in [4.78, 5) is 25.3. The molecule has 26 heavy (non-hydrogen) atoms. The molecule has 2 bridgehead atoms. The second-order valence-corrected chi connectivity index (χ2v) is 10.3. The number of aromatic nitrogens is 1. The van der Waals surface area contributed by atoms with Crippen LogP contribution in [0.3, 0.4) is 0 Å². The lowest BCUT2D eigenvalue weighted by Gasteiger charge is -2.62. The second-order valence-electron chi connectivity index (χ2n) is 9.43. The topological polar surface area (TPSA) is 60.3 Å². The van der Waals surface area contributed by atoms with Gasteiger partial charge in [-0.25, -0.2) is 9.36 Å². The van der Waals surface area contributed by atoms with Crippen molar-refractivity contribution in [2.75, 3.05) is 0 Å². The standard InChI is InChI=1S/C20H29BrN2O3/c1-11-14-7-12(20(14,5)6)8-15(11)22-17(24)16-9-13(21)10-23(16)18(25)26-19(2,3)4/h9-12,14-15H,7-8H2,1-6H3,(H,22,24)/t11-,12+,14-,15-/m0/s1. The van der Waals surface area contributed by atoms with E-state index in [1.807, 2.05) is 0 Å². The molecule has 0 unspecified atom stereocenters. The number of nitrogens with zero attached hydrogens (tertiary/aromatic N) is 1. The van der Waals surface area contributed by atoms with Crippen molar-refractivity contribution in [3.63, 3.8) is 0 Å². The van der Waals surface area contributed by atoms with Crippen molar-refractivity contribution in [3.8, 4) is 0 Å². The minimum absolute atomic E-state index is 0.153. The van der Waals surface area contributed by atoms with E-state index in [0.717, 1.165) is 6.42 Å². The van der Waals surface area contributed by atoms with Gasteiger partial charge in [0.2, 0.25) is 0 Å². The van der Waals surface area contributed by atoms with Crippen molar-refractivity contribution >= 4 is 27.9 Å². The molecule has 3 aliphatic rings.